The molecule has 0 saturated heterocycles. The Morgan fingerprint density at radius 1 is 1.00 bits per heavy atom. The molecule has 1 aliphatic rings. The maximum Gasteiger partial charge on any atom is 0.412 e. The van der Waals surface area contributed by atoms with E-state index < -0.39 is 6.09 Å². The van der Waals surface area contributed by atoms with Gasteiger partial charge >= 0.3 is 6.09 Å². The number of hydrogen-bond acceptors (Lipinski definition) is 8. The van der Waals surface area contributed by atoms with Crippen LogP contribution < -0.4 is 15.5 Å². The van der Waals surface area contributed by atoms with Gasteiger partial charge in [0, 0.05) is 48.1 Å². The maximum absolute atomic E-state index is 13.4. The van der Waals surface area contributed by atoms with E-state index in [2.05, 4.69) is 22.5 Å². The van der Waals surface area contributed by atoms with Crippen molar-refractivity contribution in [3.05, 3.63) is 83.6 Å². The number of amidine groups is 1. The molecule has 0 fully saturated rings. The molecule has 0 saturated carbocycles. The maximum atomic E-state index is 13.4. The van der Waals surface area contributed by atoms with Crippen molar-refractivity contribution in [3.8, 4) is 0 Å². The molecule has 10 nitrogen and oxygen atoms in total. The summed E-state index contributed by atoms with van der Waals surface area (Å²) in [6.07, 6.45) is 5.97. The number of carbonyl (C=O) groups is 3. The van der Waals surface area contributed by atoms with Gasteiger partial charge in [-0.15, -0.1) is 0 Å². The van der Waals surface area contributed by atoms with Gasteiger partial charge in [0.05, 0.1) is 18.8 Å². The number of alkyl carbamates (subject to hydrolysis) is 1. The molecule has 0 aliphatic carbocycles. The molecule has 224 valence electrons. The van der Waals surface area contributed by atoms with Crippen molar-refractivity contribution in [2.45, 2.75) is 52.4 Å². The van der Waals surface area contributed by atoms with Crippen molar-refractivity contribution in [3.63, 3.8) is 0 Å². The molecule has 0 atom stereocenters. The standard InChI is InChI=1S/C33H38N6O4/c1-3-4-5-8-19-43-33(42)38-31(34)24-12-14-27(15-13-24)36-22-28-20-25-10-11-26(21-29(25)37-28)32(41)39(18-16-23(2)40)30-9-6-7-17-35-30/h6-7,9-15,17,21,36H,3-5,8,16,18-20,22H2,1-2H3,(H2,34,38,42). The summed E-state index contributed by atoms with van der Waals surface area (Å²) < 4.78 is 5.15. The van der Waals surface area contributed by atoms with Gasteiger partial charge in [0.15, 0.2) is 0 Å². The number of nitrogens with one attached hydrogen (secondary N) is 3. The highest BCUT2D eigenvalue weighted by Gasteiger charge is 2.22. The van der Waals surface area contributed by atoms with Crippen LogP contribution in [0, 0.1) is 5.41 Å². The number of aliphatic imine (C=N–C) groups is 1. The van der Waals surface area contributed by atoms with Gasteiger partial charge in [-0.3, -0.25) is 30.2 Å². The Kier molecular flexibility index (Phi) is 11.1. The number of nitrogens with zero attached hydrogens (tertiary/aromatic N) is 3. The van der Waals surface area contributed by atoms with E-state index >= 15 is 0 Å². The summed E-state index contributed by atoms with van der Waals surface area (Å²) in [6.45, 7) is 4.73. The molecule has 2 heterocycles. The molecule has 10 heteroatoms. The molecule has 0 unspecified atom stereocenters. The van der Waals surface area contributed by atoms with E-state index in [4.69, 9.17) is 15.1 Å². The number of rotatable bonds is 14. The minimum atomic E-state index is -0.618. The van der Waals surface area contributed by atoms with E-state index in [1.807, 2.05) is 24.3 Å². The summed E-state index contributed by atoms with van der Waals surface area (Å²) in [5.74, 6) is 0.249. The zero-order valence-corrected chi connectivity index (χ0v) is 24.7. The molecule has 3 N–H and O–H groups in total. The quantitative estimate of drug-likeness (QED) is 0.120. The topological polar surface area (TPSA) is 137 Å². The Bertz CT molecular complexity index is 1470. The van der Waals surface area contributed by atoms with Crippen molar-refractivity contribution < 1.29 is 19.1 Å². The number of unbranched alkanes of at least 4 members (excludes halogenated alkanes) is 3. The summed E-state index contributed by atoms with van der Waals surface area (Å²) in [5, 5.41) is 14.0. The van der Waals surface area contributed by atoms with Crippen LogP contribution in [-0.4, -0.2) is 54.0 Å². The van der Waals surface area contributed by atoms with Crippen molar-refractivity contribution in [2.75, 3.05) is 29.9 Å². The number of ether oxygens (including phenoxy) is 1. The lowest BCUT2D eigenvalue weighted by molar-refractivity contribution is -0.116. The number of fused-ring (bicyclic) bond motifs is 1. The van der Waals surface area contributed by atoms with E-state index in [0.29, 0.717) is 36.5 Å². The van der Waals surface area contributed by atoms with Gasteiger partial charge in [-0.2, -0.15) is 0 Å². The third-order valence-electron chi connectivity index (χ3n) is 6.99. The largest absolute Gasteiger partial charge is 0.449 e. The third-order valence-corrected chi connectivity index (χ3v) is 6.99. The third kappa shape index (κ3) is 9.06. The molecule has 0 bridgehead atoms. The average molecular weight is 583 g/mol. The fraction of sp³-hybridized carbons (Fsp3) is 0.333. The van der Waals surface area contributed by atoms with Crippen LogP contribution in [0.5, 0.6) is 0 Å². The predicted molar refractivity (Wildman–Crippen MR) is 169 cm³/mol. The number of Topliss-reactive ketones (excluding diaryl/α,β-unsaturated/α-hetero) is 1. The molecule has 1 aliphatic heterocycles. The lowest BCUT2D eigenvalue weighted by Gasteiger charge is -2.21. The molecule has 0 radical (unpaired) electrons. The van der Waals surface area contributed by atoms with Gasteiger partial charge in [0.1, 0.15) is 17.4 Å². The van der Waals surface area contributed by atoms with Crippen LogP contribution in [0.2, 0.25) is 0 Å². The highest BCUT2D eigenvalue weighted by atomic mass is 16.5. The highest BCUT2D eigenvalue weighted by molar-refractivity contribution is 6.07. The number of aromatic nitrogens is 1. The van der Waals surface area contributed by atoms with Crippen LogP contribution in [0.25, 0.3) is 0 Å². The number of carbonyl (C=O) groups excluding carboxylic acids is 3. The Morgan fingerprint density at radius 3 is 2.51 bits per heavy atom. The van der Waals surface area contributed by atoms with E-state index in [9.17, 15) is 14.4 Å². The van der Waals surface area contributed by atoms with E-state index in [1.165, 1.54) is 11.8 Å². The summed E-state index contributed by atoms with van der Waals surface area (Å²) in [5.41, 5.74) is 4.62. The number of benzene rings is 2. The van der Waals surface area contributed by atoms with Crippen LogP contribution in [0.3, 0.4) is 0 Å². The molecule has 3 aromatic rings. The number of anilines is 2. The molecule has 2 aromatic carbocycles. The Labute approximate surface area is 252 Å². The minimum absolute atomic E-state index is 0.00204. The first-order valence-corrected chi connectivity index (χ1v) is 14.6. The smallest absolute Gasteiger partial charge is 0.412 e. The van der Waals surface area contributed by atoms with Gasteiger partial charge in [-0.25, -0.2) is 9.78 Å². The lowest BCUT2D eigenvalue weighted by atomic mass is 10.1. The van der Waals surface area contributed by atoms with E-state index in [1.54, 1.807) is 42.6 Å². The number of hydrogen-bond donors (Lipinski definition) is 3. The van der Waals surface area contributed by atoms with Gasteiger partial charge in [-0.05, 0) is 67.4 Å². The SMILES string of the molecule is CCCCCCOC(=O)NC(=N)c1ccc(NCC2=Nc3cc(C(=O)N(CCC(C)=O)c4ccccn4)ccc3C2)cc1. The van der Waals surface area contributed by atoms with Gasteiger partial charge in [0.25, 0.3) is 5.91 Å². The fourth-order valence-corrected chi connectivity index (χ4v) is 4.60. The van der Waals surface area contributed by atoms with Crippen LogP contribution in [0.1, 0.15) is 67.4 Å². The fourth-order valence-electron chi connectivity index (χ4n) is 4.60. The molecule has 1 aromatic heterocycles. The van der Waals surface area contributed by atoms with Crippen molar-refractivity contribution in [1.82, 2.24) is 10.3 Å². The van der Waals surface area contributed by atoms with E-state index in [-0.39, 0.29) is 30.5 Å². The molecule has 4 rings (SSSR count). The first kappa shape index (κ1) is 31.1. The summed E-state index contributed by atoms with van der Waals surface area (Å²) >= 11 is 0. The van der Waals surface area contributed by atoms with E-state index in [0.717, 1.165) is 48.3 Å². The summed E-state index contributed by atoms with van der Waals surface area (Å²) in [7, 11) is 0. The summed E-state index contributed by atoms with van der Waals surface area (Å²) in [4.78, 5) is 47.6. The van der Waals surface area contributed by atoms with Gasteiger partial charge in [-0.1, -0.05) is 38.3 Å². The zero-order chi connectivity index (χ0) is 30.6. The second kappa shape index (κ2) is 15.4. The molecule has 2 amide bonds. The second-order valence-electron chi connectivity index (χ2n) is 10.4. The van der Waals surface area contributed by atoms with Crippen molar-refractivity contribution in [1.29, 1.82) is 5.41 Å². The Balaban J connectivity index is 1.31. The summed E-state index contributed by atoms with van der Waals surface area (Å²) in [6, 6.07) is 18.0. The predicted octanol–water partition coefficient (Wildman–Crippen LogP) is 6.08. The van der Waals surface area contributed by atoms with Crippen LogP contribution in [0.4, 0.5) is 22.0 Å². The molecule has 43 heavy (non-hydrogen) atoms. The van der Waals surface area contributed by atoms with Crippen molar-refractivity contribution >= 4 is 46.5 Å². The van der Waals surface area contributed by atoms with Crippen LogP contribution in [0.15, 0.2) is 71.9 Å². The molecular weight excluding hydrogens is 544 g/mol. The minimum Gasteiger partial charge on any atom is -0.449 e. The van der Waals surface area contributed by atoms with Crippen LogP contribution in [-0.2, 0) is 16.0 Å². The monoisotopic (exact) mass is 582 g/mol. The average Bonchev–Trinajstić information content (AvgIpc) is 3.43. The van der Waals surface area contributed by atoms with Gasteiger partial charge < -0.3 is 10.1 Å². The van der Waals surface area contributed by atoms with Crippen LogP contribution >= 0.6 is 0 Å². The lowest BCUT2D eigenvalue weighted by Crippen LogP contribution is -2.33. The highest BCUT2D eigenvalue weighted by Crippen LogP contribution is 2.29. The molecular formula is C33H38N6O4. The molecule has 0 spiro atoms. The zero-order valence-electron chi connectivity index (χ0n) is 24.7. The number of amides is 2. The normalized spacial score (nSPS) is 11.7. The Hall–Kier alpha value is -4.86. The number of ketones is 1. The first-order chi connectivity index (χ1) is 20.8. The Morgan fingerprint density at radius 2 is 1.79 bits per heavy atom. The van der Waals surface area contributed by atoms with Gasteiger partial charge in [0.2, 0.25) is 0 Å². The number of pyridine rings is 1. The second-order valence-corrected chi connectivity index (χ2v) is 10.4. The van der Waals surface area contributed by atoms with Crippen molar-refractivity contribution in [2.24, 2.45) is 4.99 Å². The first-order valence-electron chi connectivity index (χ1n) is 14.6.